The molecule has 0 aromatic rings. The van der Waals surface area contributed by atoms with Gasteiger partial charge in [0.05, 0.1) is 0 Å². The second-order valence-corrected chi connectivity index (χ2v) is 20.9. The van der Waals surface area contributed by atoms with Crippen LogP contribution >= 0.6 is 0 Å². The average molecular weight is 1070 g/mol. The largest absolute Gasteiger partial charge is 0.462 e. The maximum absolute atomic E-state index is 12.8. The summed E-state index contributed by atoms with van der Waals surface area (Å²) < 4.78 is 16.8. The topological polar surface area (TPSA) is 78.9 Å². The molecule has 0 aliphatic rings. The van der Waals surface area contributed by atoms with E-state index in [1.165, 1.54) is 116 Å². The average Bonchev–Trinajstić information content (AvgIpc) is 3.43. The molecule has 0 aromatic carbocycles. The molecule has 0 bridgehead atoms. The van der Waals surface area contributed by atoms with Crippen molar-refractivity contribution in [3.8, 4) is 0 Å². The third-order valence-electron chi connectivity index (χ3n) is 13.5. The van der Waals surface area contributed by atoms with Gasteiger partial charge in [0.2, 0.25) is 0 Å². The van der Waals surface area contributed by atoms with Gasteiger partial charge >= 0.3 is 17.9 Å². The molecule has 0 rings (SSSR count). The Balaban J connectivity index is 4.17. The van der Waals surface area contributed by atoms with Gasteiger partial charge in [0.15, 0.2) is 6.10 Å². The van der Waals surface area contributed by atoms with Gasteiger partial charge in [-0.1, -0.05) is 277 Å². The number of rotatable bonds is 57. The van der Waals surface area contributed by atoms with E-state index in [9.17, 15) is 14.4 Å². The highest BCUT2D eigenvalue weighted by Gasteiger charge is 2.19. The predicted octanol–water partition coefficient (Wildman–Crippen LogP) is 22.0. The maximum atomic E-state index is 12.8. The molecular weight excluding hydrogens is 949 g/mol. The number of hydrogen-bond acceptors (Lipinski definition) is 6. The summed E-state index contributed by atoms with van der Waals surface area (Å²) in [6.45, 7) is 6.48. The van der Waals surface area contributed by atoms with Gasteiger partial charge in [-0.05, 0) is 116 Å². The number of carbonyl (C=O) groups excluding carboxylic acids is 3. The molecule has 77 heavy (non-hydrogen) atoms. The zero-order chi connectivity index (χ0) is 55.7. The molecule has 0 amide bonds. The van der Waals surface area contributed by atoms with Gasteiger partial charge in [-0.2, -0.15) is 0 Å². The minimum Gasteiger partial charge on any atom is -0.462 e. The van der Waals surface area contributed by atoms with Crippen LogP contribution in [-0.2, 0) is 28.6 Å². The Hall–Kier alpha value is -4.19. The minimum absolute atomic E-state index is 0.0840. The van der Waals surface area contributed by atoms with Crippen LogP contribution in [0, 0.1) is 0 Å². The van der Waals surface area contributed by atoms with Crippen molar-refractivity contribution >= 4 is 17.9 Å². The number of esters is 3. The zero-order valence-corrected chi connectivity index (χ0v) is 50.2. The Labute approximate surface area is 475 Å². The zero-order valence-electron chi connectivity index (χ0n) is 50.2. The fourth-order valence-electron chi connectivity index (χ4n) is 8.67. The first-order chi connectivity index (χ1) is 38.0. The van der Waals surface area contributed by atoms with Gasteiger partial charge in [-0.15, -0.1) is 0 Å². The van der Waals surface area contributed by atoms with Gasteiger partial charge in [-0.25, -0.2) is 0 Å². The molecule has 0 fully saturated rings. The first kappa shape index (κ1) is 72.8. The first-order valence-corrected chi connectivity index (χ1v) is 32.0. The van der Waals surface area contributed by atoms with E-state index < -0.39 is 6.10 Å². The van der Waals surface area contributed by atoms with E-state index in [-0.39, 0.29) is 31.1 Å². The van der Waals surface area contributed by atoms with Crippen LogP contribution in [0.4, 0.5) is 0 Å². The second kappa shape index (κ2) is 64.3. The van der Waals surface area contributed by atoms with Crippen LogP contribution < -0.4 is 0 Å². The normalized spacial score (nSPS) is 12.9. The highest BCUT2D eigenvalue weighted by Crippen LogP contribution is 2.15. The molecule has 6 nitrogen and oxygen atoms in total. The molecule has 0 aliphatic carbocycles. The van der Waals surface area contributed by atoms with Crippen molar-refractivity contribution in [3.63, 3.8) is 0 Å². The number of hydrogen-bond donors (Lipinski definition) is 0. The third-order valence-corrected chi connectivity index (χ3v) is 13.5. The standard InChI is InChI=1S/C71H118O6/c1-4-7-10-13-16-19-21-23-25-27-28-29-30-31-32-33-34-35-36-37-38-39-40-41-42-43-44-45-47-48-50-52-55-58-61-64-70(73)76-67-68(66-75-69(72)63-60-57-54-18-15-12-9-6-3)77-71(74)65-62-59-56-53-51-49-46-26-24-22-20-17-14-11-8-5-2/h7,10,16,19,23,25-26,28-29,31-32,34-35,37-38,40-41,43-44,46,68H,4-6,8-9,11-15,17-18,20-22,24,27,30,33,36,39,42,45,47-67H2,1-3H3/b10-7-,19-16-,25-23-,29-28-,32-31-,35-34-,38-37-,41-40-,44-43-,46-26-. The Morgan fingerprint density at radius 1 is 0.273 bits per heavy atom. The van der Waals surface area contributed by atoms with Crippen LogP contribution in [0.5, 0.6) is 0 Å². The van der Waals surface area contributed by atoms with Gasteiger partial charge < -0.3 is 14.2 Å². The highest BCUT2D eigenvalue weighted by molar-refractivity contribution is 5.71. The van der Waals surface area contributed by atoms with E-state index in [0.717, 1.165) is 135 Å². The van der Waals surface area contributed by atoms with Crippen LogP contribution in [0.25, 0.3) is 0 Å². The summed E-state index contributed by atoms with van der Waals surface area (Å²) in [5.41, 5.74) is 0. The summed E-state index contributed by atoms with van der Waals surface area (Å²) in [7, 11) is 0. The summed E-state index contributed by atoms with van der Waals surface area (Å²) in [5.74, 6) is -0.905. The molecule has 6 heteroatoms. The third kappa shape index (κ3) is 62.5. The molecule has 1 atom stereocenters. The predicted molar refractivity (Wildman–Crippen MR) is 334 cm³/mol. The summed E-state index contributed by atoms with van der Waals surface area (Å²) in [4.78, 5) is 38.1. The second-order valence-electron chi connectivity index (χ2n) is 20.9. The lowest BCUT2D eigenvalue weighted by Crippen LogP contribution is -2.30. The number of allylic oxidation sites excluding steroid dienone is 20. The molecule has 0 spiro atoms. The van der Waals surface area contributed by atoms with Crippen LogP contribution in [-0.4, -0.2) is 37.2 Å². The van der Waals surface area contributed by atoms with Gasteiger partial charge in [0.25, 0.3) is 0 Å². The highest BCUT2D eigenvalue weighted by atomic mass is 16.6. The molecule has 438 valence electrons. The Morgan fingerprint density at radius 2 is 0.506 bits per heavy atom. The quantitative estimate of drug-likeness (QED) is 0.0261. The number of ether oxygens (including phenoxy) is 3. The van der Waals surface area contributed by atoms with Crippen molar-refractivity contribution in [1.29, 1.82) is 0 Å². The molecule has 0 radical (unpaired) electrons. The molecule has 0 saturated carbocycles. The van der Waals surface area contributed by atoms with Crippen LogP contribution in [0.1, 0.15) is 290 Å². The van der Waals surface area contributed by atoms with Crippen LogP contribution in [0.15, 0.2) is 122 Å². The summed E-state index contributed by atoms with van der Waals surface area (Å²) in [6, 6.07) is 0. The van der Waals surface area contributed by atoms with Crippen molar-refractivity contribution in [2.75, 3.05) is 13.2 Å². The Bertz CT molecular complexity index is 1600. The number of carbonyl (C=O) groups is 3. The summed E-state index contributed by atoms with van der Waals surface area (Å²) in [5, 5.41) is 0. The van der Waals surface area contributed by atoms with E-state index >= 15 is 0 Å². The van der Waals surface area contributed by atoms with Crippen molar-refractivity contribution in [2.45, 2.75) is 297 Å². The smallest absolute Gasteiger partial charge is 0.306 e. The maximum Gasteiger partial charge on any atom is 0.306 e. The Kier molecular flexibility index (Phi) is 60.8. The van der Waals surface area contributed by atoms with E-state index in [0.29, 0.717) is 19.3 Å². The van der Waals surface area contributed by atoms with Crippen LogP contribution in [0.2, 0.25) is 0 Å². The SMILES string of the molecule is CC/C=C\C/C=C\C/C=C\C/C=C\C/C=C\C/C=C\C/C=C\C/C=C\C/C=C\CCCCCCCCCC(=O)OCC(COC(=O)CCCCCCCCCC)OC(=O)CCCCCCC/C=C\CCCCCCCCC. The summed E-state index contributed by atoms with van der Waals surface area (Å²) in [6.07, 6.45) is 89.4. The fraction of sp³-hybridized carbons (Fsp3) is 0.676. The van der Waals surface area contributed by atoms with E-state index in [4.69, 9.17) is 14.2 Å². The van der Waals surface area contributed by atoms with Gasteiger partial charge in [0, 0.05) is 19.3 Å². The monoisotopic (exact) mass is 1070 g/mol. The van der Waals surface area contributed by atoms with Gasteiger partial charge in [0.1, 0.15) is 13.2 Å². The van der Waals surface area contributed by atoms with Crippen molar-refractivity contribution < 1.29 is 28.6 Å². The number of unbranched alkanes of at least 4 members (excludes halogenated alkanes) is 26. The van der Waals surface area contributed by atoms with E-state index in [1.807, 2.05) is 0 Å². The molecule has 1 unspecified atom stereocenters. The minimum atomic E-state index is -0.786. The molecular formula is C71H118O6. The van der Waals surface area contributed by atoms with Crippen molar-refractivity contribution in [1.82, 2.24) is 0 Å². The molecule has 0 saturated heterocycles. The molecule has 0 heterocycles. The molecule has 0 N–H and O–H groups in total. The van der Waals surface area contributed by atoms with Crippen molar-refractivity contribution in [3.05, 3.63) is 122 Å². The lowest BCUT2D eigenvalue weighted by atomic mass is 10.1. The summed E-state index contributed by atoms with van der Waals surface area (Å²) >= 11 is 0. The van der Waals surface area contributed by atoms with Crippen molar-refractivity contribution in [2.24, 2.45) is 0 Å². The van der Waals surface area contributed by atoms with E-state index in [1.54, 1.807) is 0 Å². The fourth-order valence-corrected chi connectivity index (χ4v) is 8.67. The molecule has 0 aromatic heterocycles. The van der Waals surface area contributed by atoms with Crippen LogP contribution in [0.3, 0.4) is 0 Å². The Morgan fingerprint density at radius 3 is 0.805 bits per heavy atom. The lowest BCUT2D eigenvalue weighted by molar-refractivity contribution is -0.167. The van der Waals surface area contributed by atoms with Gasteiger partial charge in [-0.3, -0.25) is 14.4 Å². The lowest BCUT2D eigenvalue weighted by Gasteiger charge is -2.18. The first-order valence-electron chi connectivity index (χ1n) is 32.0. The molecule has 0 aliphatic heterocycles. The van der Waals surface area contributed by atoms with E-state index in [2.05, 4.69) is 142 Å².